The first kappa shape index (κ1) is 24.2. The molecule has 2 aromatic rings. The monoisotopic (exact) mass is 512 g/mol. The van der Waals surface area contributed by atoms with Crippen LogP contribution in [0, 0.1) is 6.92 Å². The molecule has 1 saturated heterocycles. The quantitative estimate of drug-likeness (QED) is 0.656. The van der Waals surface area contributed by atoms with Crippen molar-refractivity contribution >= 4 is 34.3 Å². The molecule has 170 valence electrons. The van der Waals surface area contributed by atoms with E-state index in [9.17, 15) is 9.90 Å². The van der Waals surface area contributed by atoms with Crippen molar-refractivity contribution in [2.24, 2.45) is 7.05 Å². The number of carboxylic acids is 1. The summed E-state index contributed by atoms with van der Waals surface area (Å²) in [6.07, 6.45) is 4.25. The largest absolute Gasteiger partial charge is 0.479 e. The molecule has 1 aliphatic heterocycles. The summed E-state index contributed by atoms with van der Waals surface area (Å²) in [6.45, 7) is 2.88. The summed E-state index contributed by atoms with van der Waals surface area (Å²) >= 11 is 3.49. The summed E-state index contributed by atoms with van der Waals surface area (Å²) < 4.78 is 8.61. The van der Waals surface area contributed by atoms with Crippen LogP contribution in [0.3, 0.4) is 0 Å². The number of aliphatic carboxylic acids is 1. The lowest BCUT2D eigenvalue weighted by atomic mass is 9.83. The van der Waals surface area contributed by atoms with E-state index in [0.29, 0.717) is 25.1 Å². The molecule has 4 rings (SSSR count). The number of aryl methyl sites for hydroxylation is 2. The van der Waals surface area contributed by atoms with E-state index in [1.54, 1.807) is 0 Å². The van der Waals surface area contributed by atoms with Gasteiger partial charge in [-0.3, -0.25) is 9.58 Å². The lowest BCUT2D eigenvalue weighted by Gasteiger charge is -2.45. The first-order valence-corrected chi connectivity index (χ1v) is 11.4. The molecule has 1 aromatic carbocycles. The highest BCUT2D eigenvalue weighted by Gasteiger charge is 2.38. The molecule has 1 N–H and O–H groups in total. The number of morpholine rings is 1. The molecule has 0 spiro atoms. The number of rotatable bonds is 5. The topological polar surface area (TPSA) is 80.5 Å². The first-order chi connectivity index (χ1) is 14.4. The van der Waals surface area contributed by atoms with Gasteiger partial charge in [0.25, 0.3) is 0 Å². The third kappa shape index (κ3) is 5.66. The molecular weight excluding hydrogens is 484 g/mol. The fourth-order valence-electron chi connectivity index (χ4n) is 4.71. The normalized spacial score (nSPS) is 26.9. The fourth-order valence-corrected chi connectivity index (χ4v) is 4.97. The fraction of sp³-hybridized carbons (Fsp3) is 0.591. The number of carboxylic acid groups (broad SMARTS) is 1. The Bertz CT molecular complexity index is 864. The predicted octanol–water partition coefficient (Wildman–Crippen LogP) is 3.73. The molecule has 2 aliphatic rings. The zero-order chi connectivity index (χ0) is 21.3. The smallest absolute Gasteiger partial charge is 0.334 e. The van der Waals surface area contributed by atoms with Gasteiger partial charge in [0.2, 0.25) is 0 Å². The van der Waals surface area contributed by atoms with Gasteiger partial charge in [0.15, 0.2) is 11.9 Å². The van der Waals surface area contributed by atoms with E-state index in [4.69, 9.17) is 4.74 Å². The second-order valence-electron chi connectivity index (χ2n) is 8.49. The number of hydrogen-bond donors (Lipinski definition) is 1. The van der Waals surface area contributed by atoms with Crippen molar-refractivity contribution in [3.05, 3.63) is 46.0 Å². The Labute approximate surface area is 197 Å². The van der Waals surface area contributed by atoms with Gasteiger partial charge in [-0.15, -0.1) is 12.4 Å². The van der Waals surface area contributed by atoms with E-state index < -0.39 is 12.1 Å². The van der Waals surface area contributed by atoms with Crippen LogP contribution in [0.15, 0.2) is 28.7 Å². The molecule has 0 radical (unpaired) electrons. The van der Waals surface area contributed by atoms with Gasteiger partial charge in [-0.25, -0.2) is 9.78 Å². The predicted molar refractivity (Wildman–Crippen MR) is 124 cm³/mol. The Morgan fingerprint density at radius 1 is 1.23 bits per heavy atom. The minimum atomic E-state index is -0.871. The molecule has 1 aromatic heterocycles. The van der Waals surface area contributed by atoms with Crippen molar-refractivity contribution in [1.82, 2.24) is 19.7 Å². The minimum Gasteiger partial charge on any atom is -0.479 e. The third-order valence-corrected chi connectivity index (χ3v) is 7.05. The van der Waals surface area contributed by atoms with Crippen LogP contribution in [0.4, 0.5) is 0 Å². The molecule has 1 unspecified atom stereocenters. The number of nitrogens with zero attached hydrogens (tertiary/aromatic N) is 4. The van der Waals surface area contributed by atoms with Crippen molar-refractivity contribution in [3.63, 3.8) is 0 Å². The molecule has 0 amide bonds. The summed E-state index contributed by atoms with van der Waals surface area (Å²) in [6, 6.07) is 8.91. The van der Waals surface area contributed by atoms with Crippen molar-refractivity contribution in [1.29, 1.82) is 0 Å². The second-order valence-corrected chi connectivity index (χ2v) is 9.40. The van der Waals surface area contributed by atoms with Gasteiger partial charge in [-0.1, -0.05) is 28.1 Å². The Morgan fingerprint density at radius 2 is 1.90 bits per heavy atom. The van der Waals surface area contributed by atoms with E-state index >= 15 is 0 Å². The summed E-state index contributed by atoms with van der Waals surface area (Å²) in [7, 11) is 1.93. The van der Waals surface area contributed by atoms with Crippen LogP contribution < -0.4 is 0 Å². The van der Waals surface area contributed by atoms with E-state index in [2.05, 4.69) is 55.2 Å². The lowest BCUT2D eigenvalue weighted by Crippen LogP contribution is -2.57. The van der Waals surface area contributed by atoms with Crippen molar-refractivity contribution in [2.45, 2.75) is 63.1 Å². The molecule has 1 aliphatic carbocycles. The highest BCUT2D eigenvalue weighted by atomic mass is 79.9. The van der Waals surface area contributed by atoms with Gasteiger partial charge in [-0.2, -0.15) is 5.10 Å². The maximum atomic E-state index is 11.6. The Hall–Kier alpha value is -1.48. The van der Waals surface area contributed by atoms with Crippen LogP contribution in [-0.2, 0) is 23.0 Å². The second kappa shape index (κ2) is 10.4. The maximum Gasteiger partial charge on any atom is 0.334 e. The molecule has 31 heavy (non-hydrogen) atoms. The first-order valence-electron chi connectivity index (χ1n) is 10.6. The number of carbonyl (C=O) groups is 1. The van der Waals surface area contributed by atoms with Crippen molar-refractivity contribution < 1.29 is 14.6 Å². The van der Waals surface area contributed by atoms with Crippen LogP contribution in [-0.4, -0.2) is 62.1 Å². The van der Waals surface area contributed by atoms with E-state index in [-0.39, 0.29) is 18.4 Å². The SMILES string of the molecule is Cc1nc(C2CCC(N3CC(C(=O)O)OC[C@H]3Cc3ccc(Br)cc3)CC2)nn1C.Cl. The zero-order valence-corrected chi connectivity index (χ0v) is 20.3. The highest BCUT2D eigenvalue weighted by Crippen LogP contribution is 2.35. The number of ether oxygens (including phenoxy) is 1. The van der Waals surface area contributed by atoms with Crippen LogP contribution >= 0.6 is 28.3 Å². The molecule has 1 saturated carbocycles. The average Bonchev–Trinajstić information content (AvgIpc) is 3.08. The standard InChI is InChI=1S/C22H29BrN4O3.ClH/c1-14-24-21(25-26(14)2)16-5-9-18(10-6-16)27-12-20(22(28)29)30-13-19(27)11-15-3-7-17(23)8-4-15;/h3-4,7-8,16,18-20H,5-6,9-13H2,1-2H3,(H,28,29);1H/t16?,18?,19-,20?;/m1./s1. The van der Waals surface area contributed by atoms with Crippen molar-refractivity contribution in [2.75, 3.05) is 13.2 Å². The third-order valence-electron chi connectivity index (χ3n) is 6.52. The minimum absolute atomic E-state index is 0. The Kier molecular flexibility index (Phi) is 8.13. The number of benzene rings is 1. The van der Waals surface area contributed by atoms with E-state index in [0.717, 1.165) is 48.2 Å². The molecule has 9 heteroatoms. The van der Waals surface area contributed by atoms with Crippen LogP contribution in [0.1, 0.15) is 48.8 Å². The van der Waals surface area contributed by atoms with Crippen LogP contribution in [0.5, 0.6) is 0 Å². The van der Waals surface area contributed by atoms with E-state index in [1.807, 2.05) is 18.7 Å². The molecule has 2 fully saturated rings. The summed E-state index contributed by atoms with van der Waals surface area (Å²) in [4.78, 5) is 18.6. The van der Waals surface area contributed by atoms with Crippen LogP contribution in [0.2, 0.25) is 0 Å². The lowest BCUT2D eigenvalue weighted by molar-refractivity contribution is -0.162. The van der Waals surface area contributed by atoms with Gasteiger partial charge in [0, 0.05) is 36.1 Å². The van der Waals surface area contributed by atoms with Crippen LogP contribution in [0.25, 0.3) is 0 Å². The van der Waals surface area contributed by atoms with E-state index in [1.165, 1.54) is 5.56 Å². The maximum absolute atomic E-state index is 11.6. The van der Waals surface area contributed by atoms with Gasteiger partial charge in [0.05, 0.1) is 6.61 Å². The Morgan fingerprint density at radius 3 is 2.48 bits per heavy atom. The van der Waals surface area contributed by atoms with Crippen molar-refractivity contribution in [3.8, 4) is 0 Å². The molecule has 2 heterocycles. The summed E-state index contributed by atoms with van der Waals surface area (Å²) in [5.41, 5.74) is 1.24. The van der Waals surface area contributed by atoms with Gasteiger partial charge < -0.3 is 9.84 Å². The number of halogens is 2. The van der Waals surface area contributed by atoms with Gasteiger partial charge in [0.1, 0.15) is 5.82 Å². The summed E-state index contributed by atoms with van der Waals surface area (Å²) in [5.74, 6) is 1.41. The number of aromatic nitrogens is 3. The molecule has 0 bridgehead atoms. The Balaban J connectivity index is 0.00000272. The average molecular weight is 514 g/mol. The van der Waals surface area contributed by atoms with Gasteiger partial charge in [-0.05, 0) is 56.7 Å². The zero-order valence-electron chi connectivity index (χ0n) is 17.9. The molecule has 7 nitrogen and oxygen atoms in total. The molecule has 2 atom stereocenters. The molecular formula is C22H30BrClN4O3. The summed E-state index contributed by atoms with van der Waals surface area (Å²) in [5, 5.41) is 14.1. The highest BCUT2D eigenvalue weighted by molar-refractivity contribution is 9.10. The number of hydrogen-bond acceptors (Lipinski definition) is 5. The van der Waals surface area contributed by atoms with Gasteiger partial charge >= 0.3 is 5.97 Å².